The number of aliphatic imine (C=N–C) groups is 1. The molecule has 0 saturated heterocycles. The number of allylic oxidation sites excluding steroid dienone is 3. The minimum absolute atomic E-state index is 0.142. The third-order valence-corrected chi connectivity index (χ3v) is 6.12. The summed E-state index contributed by atoms with van der Waals surface area (Å²) in [5.41, 5.74) is 5.91. The average Bonchev–Trinajstić information content (AvgIpc) is 3.27. The molecule has 1 aliphatic carbocycles. The molecule has 1 aromatic rings. The highest BCUT2D eigenvalue weighted by atomic mass is 16.5. The van der Waals surface area contributed by atoms with Gasteiger partial charge in [0.1, 0.15) is 17.4 Å². The summed E-state index contributed by atoms with van der Waals surface area (Å²) in [6, 6.07) is 6.15. The van der Waals surface area contributed by atoms with E-state index in [1.54, 1.807) is 7.11 Å². The Morgan fingerprint density at radius 3 is 2.62 bits per heavy atom. The predicted molar refractivity (Wildman–Crippen MR) is 129 cm³/mol. The Hall–Kier alpha value is -3.02. The van der Waals surface area contributed by atoms with Crippen LogP contribution in [0.3, 0.4) is 0 Å². The average molecular weight is 438 g/mol. The van der Waals surface area contributed by atoms with Gasteiger partial charge in [-0.3, -0.25) is 4.79 Å². The van der Waals surface area contributed by atoms with E-state index in [2.05, 4.69) is 31.1 Å². The van der Waals surface area contributed by atoms with Crippen LogP contribution in [-0.4, -0.2) is 31.9 Å². The molecule has 6 heteroatoms. The van der Waals surface area contributed by atoms with Gasteiger partial charge < -0.3 is 20.1 Å². The number of rotatable bonds is 9. The number of fused-ring (bicyclic) bond motifs is 1. The zero-order chi connectivity index (χ0) is 23.3. The molecule has 0 radical (unpaired) electrons. The molecular weight excluding hydrogens is 402 g/mol. The topological polar surface area (TPSA) is 72.0 Å². The second kappa shape index (κ2) is 10.5. The van der Waals surface area contributed by atoms with Crippen LogP contribution < -0.4 is 15.4 Å². The van der Waals surface area contributed by atoms with Crippen LogP contribution in [0.5, 0.6) is 5.75 Å². The van der Waals surface area contributed by atoms with Crippen molar-refractivity contribution in [1.82, 2.24) is 10.6 Å². The molecule has 0 amide bonds. The van der Waals surface area contributed by atoms with Gasteiger partial charge in [0.05, 0.1) is 20.6 Å². The summed E-state index contributed by atoms with van der Waals surface area (Å²) >= 11 is 0. The number of ether oxygens (including phenoxy) is 2. The van der Waals surface area contributed by atoms with Crippen LogP contribution in [-0.2, 0) is 16.0 Å². The van der Waals surface area contributed by atoms with E-state index in [1.807, 2.05) is 25.1 Å². The van der Waals surface area contributed by atoms with Gasteiger partial charge in [-0.25, -0.2) is 4.99 Å². The van der Waals surface area contributed by atoms with Crippen molar-refractivity contribution in [1.29, 1.82) is 0 Å². The number of hydrogen-bond donors (Lipinski definition) is 2. The number of methoxy groups -OCH3 is 2. The van der Waals surface area contributed by atoms with Crippen LogP contribution in [0.1, 0.15) is 64.0 Å². The lowest BCUT2D eigenvalue weighted by Gasteiger charge is -2.28. The summed E-state index contributed by atoms with van der Waals surface area (Å²) in [4.78, 5) is 17.1. The molecule has 0 spiro atoms. The van der Waals surface area contributed by atoms with Crippen LogP contribution in [0, 0.1) is 0 Å². The first-order valence-electron chi connectivity index (χ1n) is 11.4. The van der Waals surface area contributed by atoms with E-state index in [1.165, 1.54) is 12.7 Å². The standard InChI is InChI=1S/C26H35N3O3/c1-7-18(8-2)27-25-21-10-9-11-22(21)28-26(29-25)24(16(3)4)20-13-12-19(31-5)14-17(20)15-23(30)32-6/h12-14,18,27,29H,3,7-11,15H2,1-2,4-6H3/b26-24+. The van der Waals surface area contributed by atoms with Crippen LogP contribution in [0.2, 0.25) is 0 Å². The third kappa shape index (κ3) is 5.06. The first-order valence-corrected chi connectivity index (χ1v) is 11.4. The monoisotopic (exact) mass is 437 g/mol. The van der Waals surface area contributed by atoms with Gasteiger partial charge in [0.15, 0.2) is 0 Å². The Labute approximate surface area is 191 Å². The summed E-state index contributed by atoms with van der Waals surface area (Å²) < 4.78 is 10.3. The number of nitrogens with one attached hydrogen (secondary N) is 2. The summed E-state index contributed by atoms with van der Waals surface area (Å²) in [5, 5.41) is 7.29. The number of nitrogens with zero attached hydrogens (tertiary/aromatic N) is 1. The Morgan fingerprint density at radius 2 is 2.00 bits per heavy atom. The third-order valence-electron chi connectivity index (χ3n) is 6.12. The number of hydrogen-bond acceptors (Lipinski definition) is 6. The lowest BCUT2D eigenvalue weighted by atomic mass is 9.92. The van der Waals surface area contributed by atoms with E-state index in [0.29, 0.717) is 11.8 Å². The van der Waals surface area contributed by atoms with Gasteiger partial charge in [0.2, 0.25) is 0 Å². The molecule has 172 valence electrons. The molecule has 1 aliphatic heterocycles. The van der Waals surface area contributed by atoms with Gasteiger partial charge in [-0.1, -0.05) is 26.5 Å². The second-order valence-electron chi connectivity index (χ2n) is 8.33. The van der Waals surface area contributed by atoms with Crippen LogP contribution >= 0.6 is 0 Å². The molecule has 1 aromatic carbocycles. The molecule has 1 saturated carbocycles. The summed E-state index contributed by atoms with van der Waals surface area (Å²) in [5.74, 6) is 2.21. The zero-order valence-electron chi connectivity index (χ0n) is 19.9. The van der Waals surface area contributed by atoms with Gasteiger partial charge in [0, 0.05) is 22.9 Å². The SMILES string of the molecule is C=C(C)/C(=C1/N=C2CCCC2=C(NC(CC)CC)N1)c1ccc(OC)cc1CC(=O)OC. The van der Waals surface area contributed by atoms with Crippen molar-refractivity contribution >= 4 is 17.3 Å². The normalized spacial score (nSPS) is 16.9. The molecule has 3 rings (SSSR count). The molecule has 2 aliphatic rings. The van der Waals surface area contributed by atoms with Crippen molar-refractivity contribution in [2.24, 2.45) is 4.99 Å². The van der Waals surface area contributed by atoms with Crippen LogP contribution in [0.4, 0.5) is 0 Å². The quantitative estimate of drug-likeness (QED) is 0.539. The van der Waals surface area contributed by atoms with E-state index in [9.17, 15) is 4.79 Å². The number of carbonyl (C=O) groups is 1. The summed E-state index contributed by atoms with van der Waals surface area (Å²) in [6.45, 7) is 10.6. The largest absolute Gasteiger partial charge is 0.497 e. The molecule has 0 bridgehead atoms. The van der Waals surface area contributed by atoms with Crippen molar-refractivity contribution in [3.63, 3.8) is 0 Å². The smallest absolute Gasteiger partial charge is 0.310 e. The van der Waals surface area contributed by atoms with Gasteiger partial charge in [-0.15, -0.1) is 0 Å². The fourth-order valence-corrected chi connectivity index (χ4v) is 4.29. The summed E-state index contributed by atoms with van der Waals surface area (Å²) in [6.07, 6.45) is 5.35. The van der Waals surface area contributed by atoms with Gasteiger partial charge in [-0.05, 0) is 67.9 Å². The Balaban J connectivity index is 2.12. The maximum Gasteiger partial charge on any atom is 0.310 e. The Kier molecular flexibility index (Phi) is 7.78. The first-order chi connectivity index (χ1) is 15.4. The molecule has 1 heterocycles. The molecular formula is C26H35N3O3. The maximum atomic E-state index is 12.1. The minimum atomic E-state index is -0.303. The molecule has 2 N–H and O–H groups in total. The molecule has 0 atom stereocenters. The van der Waals surface area contributed by atoms with Crippen molar-refractivity contribution < 1.29 is 14.3 Å². The van der Waals surface area contributed by atoms with Crippen molar-refractivity contribution in [2.75, 3.05) is 14.2 Å². The van der Waals surface area contributed by atoms with Gasteiger partial charge >= 0.3 is 5.97 Å². The van der Waals surface area contributed by atoms with Crippen LogP contribution in [0.15, 0.2) is 52.6 Å². The first kappa shape index (κ1) is 23.6. The number of carbonyl (C=O) groups excluding carboxylic acids is 1. The molecule has 6 nitrogen and oxygen atoms in total. The highest BCUT2D eigenvalue weighted by Gasteiger charge is 2.28. The second-order valence-corrected chi connectivity index (χ2v) is 8.33. The zero-order valence-corrected chi connectivity index (χ0v) is 19.9. The van der Waals surface area contributed by atoms with Crippen molar-refractivity contribution in [3.05, 3.63) is 58.7 Å². The fraction of sp³-hybridized carbons (Fsp3) is 0.462. The lowest BCUT2D eigenvalue weighted by Crippen LogP contribution is -2.37. The Bertz CT molecular complexity index is 984. The van der Waals surface area contributed by atoms with Gasteiger partial charge in [-0.2, -0.15) is 0 Å². The highest BCUT2D eigenvalue weighted by molar-refractivity contribution is 6.05. The fourth-order valence-electron chi connectivity index (χ4n) is 4.29. The van der Waals surface area contributed by atoms with E-state index in [4.69, 9.17) is 14.5 Å². The summed E-state index contributed by atoms with van der Waals surface area (Å²) in [7, 11) is 3.02. The Morgan fingerprint density at radius 1 is 1.25 bits per heavy atom. The molecule has 1 fully saturated rings. The molecule has 0 aromatic heterocycles. The minimum Gasteiger partial charge on any atom is -0.497 e. The molecule has 32 heavy (non-hydrogen) atoms. The predicted octanol–water partition coefficient (Wildman–Crippen LogP) is 4.87. The van der Waals surface area contributed by atoms with Crippen molar-refractivity contribution in [2.45, 2.75) is 65.3 Å². The maximum absolute atomic E-state index is 12.1. The van der Waals surface area contributed by atoms with E-state index in [0.717, 1.165) is 71.7 Å². The molecule has 0 unspecified atom stereocenters. The number of benzene rings is 1. The van der Waals surface area contributed by atoms with E-state index in [-0.39, 0.29) is 12.4 Å². The van der Waals surface area contributed by atoms with E-state index < -0.39 is 0 Å². The van der Waals surface area contributed by atoms with Crippen molar-refractivity contribution in [3.8, 4) is 5.75 Å². The van der Waals surface area contributed by atoms with Gasteiger partial charge in [0.25, 0.3) is 0 Å². The van der Waals surface area contributed by atoms with Crippen LogP contribution in [0.25, 0.3) is 5.57 Å². The number of esters is 1. The lowest BCUT2D eigenvalue weighted by molar-refractivity contribution is -0.139. The highest BCUT2D eigenvalue weighted by Crippen LogP contribution is 2.35. The van der Waals surface area contributed by atoms with E-state index >= 15 is 0 Å².